The Morgan fingerprint density at radius 2 is 1.58 bits per heavy atom. The molecule has 162 valence electrons. The fourth-order valence-electron chi connectivity index (χ4n) is 3.86. The van der Waals surface area contributed by atoms with Crippen molar-refractivity contribution >= 4 is 28.5 Å². The number of para-hydroxylation sites is 1. The Hall–Kier alpha value is -3.48. The molecule has 1 aliphatic rings. The second kappa shape index (κ2) is 9.12. The Labute approximate surface area is 180 Å². The van der Waals surface area contributed by atoms with Crippen LogP contribution in [0.25, 0.3) is 11.0 Å². The number of hydrogen-bond acceptors (Lipinski definition) is 5. The molecule has 7 heteroatoms. The molecule has 1 aliphatic heterocycles. The maximum Gasteiger partial charge on any atom is 0.291 e. The highest BCUT2D eigenvalue weighted by molar-refractivity contribution is 6.14. The molecule has 2 heterocycles. The third-order valence-corrected chi connectivity index (χ3v) is 5.54. The summed E-state index contributed by atoms with van der Waals surface area (Å²) in [6, 6.07) is 12.2. The molecule has 0 spiro atoms. The van der Waals surface area contributed by atoms with Crippen molar-refractivity contribution < 1.29 is 23.5 Å². The van der Waals surface area contributed by atoms with E-state index in [2.05, 4.69) is 5.32 Å². The number of rotatable bonds is 5. The van der Waals surface area contributed by atoms with Crippen LogP contribution in [0.15, 0.2) is 46.9 Å². The van der Waals surface area contributed by atoms with E-state index in [0.717, 1.165) is 25.7 Å². The Morgan fingerprint density at radius 1 is 0.935 bits per heavy atom. The van der Waals surface area contributed by atoms with Crippen molar-refractivity contribution in [1.29, 1.82) is 0 Å². The van der Waals surface area contributed by atoms with Crippen LogP contribution in [0.1, 0.15) is 46.6 Å². The largest absolute Gasteiger partial charge is 0.497 e. The number of hydrogen-bond donors (Lipinski definition) is 1. The topological polar surface area (TPSA) is 81.0 Å². The summed E-state index contributed by atoms with van der Waals surface area (Å²) in [6.07, 6.45) is 4.17. The first-order valence-electron chi connectivity index (χ1n) is 10.5. The van der Waals surface area contributed by atoms with Crippen LogP contribution in [-0.4, -0.2) is 44.0 Å². The van der Waals surface area contributed by atoms with Crippen LogP contribution in [-0.2, 0) is 0 Å². The van der Waals surface area contributed by atoms with E-state index in [4.69, 9.17) is 13.9 Å². The molecule has 1 N–H and O–H groups in total. The van der Waals surface area contributed by atoms with Gasteiger partial charge in [-0.2, -0.15) is 0 Å². The van der Waals surface area contributed by atoms with Crippen LogP contribution in [0.5, 0.6) is 11.5 Å². The highest BCUT2D eigenvalue weighted by Crippen LogP contribution is 2.33. The fraction of sp³-hybridized carbons (Fsp3) is 0.333. The van der Waals surface area contributed by atoms with Crippen LogP contribution in [0.3, 0.4) is 0 Å². The minimum absolute atomic E-state index is 0.159. The number of methoxy groups -OCH3 is 2. The molecule has 4 rings (SSSR count). The number of likely N-dealkylation sites (tertiary alicyclic amines) is 1. The molecule has 0 bridgehead atoms. The fourth-order valence-corrected chi connectivity index (χ4v) is 3.86. The normalized spacial score (nSPS) is 14.2. The smallest absolute Gasteiger partial charge is 0.291 e. The lowest BCUT2D eigenvalue weighted by Gasteiger charge is -2.19. The van der Waals surface area contributed by atoms with Gasteiger partial charge in [-0.1, -0.05) is 25.0 Å². The van der Waals surface area contributed by atoms with Gasteiger partial charge >= 0.3 is 0 Å². The van der Waals surface area contributed by atoms with Crippen molar-refractivity contribution in [1.82, 2.24) is 4.90 Å². The molecule has 7 nitrogen and oxygen atoms in total. The number of amides is 2. The lowest BCUT2D eigenvalue weighted by Crippen LogP contribution is -2.32. The molecular formula is C24H26N2O5. The summed E-state index contributed by atoms with van der Waals surface area (Å²) in [5.41, 5.74) is 1.30. The van der Waals surface area contributed by atoms with Gasteiger partial charge < -0.3 is 24.1 Å². The van der Waals surface area contributed by atoms with Crippen molar-refractivity contribution in [3.8, 4) is 11.5 Å². The molecular weight excluding hydrogens is 396 g/mol. The Bertz CT molecular complexity index is 1070. The quantitative estimate of drug-likeness (QED) is 0.644. The molecule has 2 amide bonds. The van der Waals surface area contributed by atoms with E-state index in [1.54, 1.807) is 24.3 Å². The van der Waals surface area contributed by atoms with Crippen molar-refractivity contribution in [2.45, 2.75) is 25.7 Å². The molecule has 0 saturated carbocycles. The van der Waals surface area contributed by atoms with Gasteiger partial charge in [0.1, 0.15) is 22.8 Å². The average molecular weight is 422 g/mol. The van der Waals surface area contributed by atoms with E-state index in [-0.39, 0.29) is 17.6 Å². The Kier molecular flexibility index (Phi) is 6.11. The highest BCUT2D eigenvalue weighted by atomic mass is 16.5. The van der Waals surface area contributed by atoms with E-state index < -0.39 is 0 Å². The number of benzene rings is 2. The predicted molar refractivity (Wildman–Crippen MR) is 118 cm³/mol. The van der Waals surface area contributed by atoms with Crippen LogP contribution < -0.4 is 14.8 Å². The number of fused-ring (bicyclic) bond motifs is 1. The lowest BCUT2D eigenvalue weighted by molar-refractivity contribution is 0.0733. The third kappa shape index (κ3) is 4.35. The van der Waals surface area contributed by atoms with Crippen LogP contribution in [0.2, 0.25) is 0 Å². The van der Waals surface area contributed by atoms with Gasteiger partial charge in [-0.3, -0.25) is 9.59 Å². The number of carbonyl (C=O) groups is 2. The molecule has 2 aromatic carbocycles. The van der Waals surface area contributed by atoms with Gasteiger partial charge in [0, 0.05) is 30.1 Å². The van der Waals surface area contributed by atoms with Gasteiger partial charge in [0.15, 0.2) is 0 Å². The summed E-state index contributed by atoms with van der Waals surface area (Å²) >= 11 is 0. The van der Waals surface area contributed by atoms with E-state index in [1.165, 1.54) is 14.2 Å². The second-order valence-corrected chi connectivity index (χ2v) is 7.56. The highest BCUT2D eigenvalue weighted by Gasteiger charge is 2.27. The minimum atomic E-state index is -0.381. The van der Waals surface area contributed by atoms with Crippen LogP contribution in [0, 0.1) is 0 Å². The van der Waals surface area contributed by atoms with Crippen molar-refractivity contribution in [2.75, 3.05) is 32.6 Å². The van der Waals surface area contributed by atoms with E-state index >= 15 is 0 Å². The Balaban J connectivity index is 1.70. The third-order valence-electron chi connectivity index (χ3n) is 5.54. The molecule has 31 heavy (non-hydrogen) atoms. The van der Waals surface area contributed by atoms with Gasteiger partial charge in [0.05, 0.1) is 14.2 Å². The first-order valence-corrected chi connectivity index (χ1v) is 10.5. The van der Waals surface area contributed by atoms with Crippen molar-refractivity contribution in [3.05, 3.63) is 53.8 Å². The summed E-state index contributed by atoms with van der Waals surface area (Å²) in [6.45, 7) is 1.38. The first-order chi connectivity index (χ1) is 15.1. The summed E-state index contributed by atoms with van der Waals surface area (Å²) in [4.78, 5) is 28.2. The molecule has 3 aromatic rings. The summed E-state index contributed by atoms with van der Waals surface area (Å²) < 4.78 is 16.5. The molecule has 0 unspecified atom stereocenters. The van der Waals surface area contributed by atoms with E-state index in [9.17, 15) is 9.59 Å². The summed E-state index contributed by atoms with van der Waals surface area (Å²) in [5, 5.41) is 3.58. The number of carbonyl (C=O) groups excluding carboxylic acids is 2. The standard InChI is InChI=1S/C24H26N2O5/c1-29-17-13-16(14-18(15-17)30-2)23(27)25-21-19-9-5-6-10-20(19)31-22(21)24(28)26-11-7-3-4-8-12-26/h5-6,9-10,13-15H,3-4,7-8,11-12H2,1-2H3,(H,25,27). The van der Waals surface area contributed by atoms with Crippen LogP contribution in [0.4, 0.5) is 5.69 Å². The zero-order valence-electron chi connectivity index (χ0n) is 17.8. The molecule has 0 aliphatic carbocycles. The molecule has 1 saturated heterocycles. The van der Waals surface area contributed by atoms with E-state index in [0.29, 0.717) is 46.8 Å². The van der Waals surface area contributed by atoms with Crippen molar-refractivity contribution in [2.24, 2.45) is 0 Å². The average Bonchev–Trinajstić information content (AvgIpc) is 2.97. The zero-order chi connectivity index (χ0) is 21.8. The van der Waals surface area contributed by atoms with Gasteiger partial charge in [-0.15, -0.1) is 0 Å². The summed E-state index contributed by atoms with van der Waals surface area (Å²) in [7, 11) is 3.05. The molecule has 0 radical (unpaired) electrons. The molecule has 0 atom stereocenters. The lowest BCUT2D eigenvalue weighted by atomic mass is 10.1. The number of nitrogens with one attached hydrogen (secondary N) is 1. The van der Waals surface area contributed by atoms with Gasteiger partial charge in [0.2, 0.25) is 5.76 Å². The molecule has 1 aromatic heterocycles. The molecule has 1 fully saturated rings. The maximum absolute atomic E-state index is 13.3. The number of furan rings is 1. The monoisotopic (exact) mass is 422 g/mol. The first kappa shape index (κ1) is 20.8. The summed E-state index contributed by atoms with van der Waals surface area (Å²) in [5.74, 6) is 0.585. The van der Waals surface area contributed by atoms with Gasteiger partial charge in [-0.05, 0) is 37.1 Å². The predicted octanol–water partition coefficient (Wildman–Crippen LogP) is 4.72. The van der Waals surface area contributed by atoms with Crippen LogP contribution >= 0.6 is 0 Å². The van der Waals surface area contributed by atoms with Gasteiger partial charge in [0.25, 0.3) is 11.8 Å². The van der Waals surface area contributed by atoms with E-state index in [1.807, 2.05) is 23.1 Å². The minimum Gasteiger partial charge on any atom is -0.497 e. The van der Waals surface area contributed by atoms with Crippen molar-refractivity contribution in [3.63, 3.8) is 0 Å². The maximum atomic E-state index is 13.3. The number of anilines is 1. The van der Waals surface area contributed by atoms with Gasteiger partial charge in [-0.25, -0.2) is 0 Å². The second-order valence-electron chi connectivity index (χ2n) is 7.56. The number of nitrogens with zero attached hydrogens (tertiary/aromatic N) is 1. The number of ether oxygens (including phenoxy) is 2. The zero-order valence-corrected chi connectivity index (χ0v) is 17.8. The Morgan fingerprint density at radius 3 is 2.23 bits per heavy atom. The SMILES string of the molecule is COc1cc(OC)cc(C(=O)Nc2c(C(=O)N3CCCCCC3)oc3ccccc23)c1.